The summed E-state index contributed by atoms with van der Waals surface area (Å²) in [6.45, 7) is -0.345. The number of anilines is 2. The minimum absolute atomic E-state index is 0.0175. The largest absolute Gasteiger partial charge is 0.455 e. The summed E-state index contributed by atoms with van der Waals surface area (Å²) in [5.41, 5.74) is 1.34. The van der Waals surface area contributed by atoms with Crippen LogP contribution in [0.25, 0.3) is 0 Å². The molecule has 0 saturated heterocycles. The van der Waals surface area contributed by atoms with E-state index in [0.717, 1.165) is 11.8 Å². The molecular formula is C19H19ClN2O4S. The van der Waals surface area contributed by atoms with Gasteiger partial charge in [0.15, 0.2) is 6.61 Å². The van der Waals surface area contributed by atoms with Gasteiger partial charge >= 0.3 is 5.97 Å². The first-order valence-corrected chi connectivity index (χ1v) is 9.59. The molecule has 142 valence electrons. The van der Waals surface area contributed by atoms with Crippen LogP contribution in [0.15, 0.2) is 54.6 Å². The van der Waals surface area contributed by atoms with Gasteiger partial charge in [0.1, 0.15) is 0 Å². The number of thioether (sulfide) groups is 1. The molecular weight excluding hydrogens is 388 g/mol. The lowest BCUT2D eigenvalue weighted by atomic mass is 10.3. The molecule has 0 aliphatic carbocycles. The maximum absolute atomic E-state index is 12.0. The summed E-state index contributed by atoms with van der Waals surface area (Å²) >= 11 is 6.89. The van der Waals surface area contributed by atoms with E-state index in [1.165, 1.54) is 4.90 Å². The van der Waals surface area contributed by atoms with E-state index in [0.29, 0.717) is 16.4 Å². The van der Waals surface area contributed by atoms with Gasteiger partial charge in [-0.05, 0) is 36.4 Å². The second kappa shape index (κ2) is 10.6. The van der Waals surface area contributed by atoms with E-state index < -0.39 is 5.97 Å². The predicted molar refractivity (Wildman–Crippen MR) is 108 cm³/mol. The van der Waals surface area contributed by atoms with Crippen molar-refractivity contribution in [3.05, 3.63) is 59.6 Å². The SMILES string of the molecule is CN(C(=O)COC(=O)CSCC(=O)Nc1ccc(Cl)cc1)c1ccccc1. The lowest BCUT2D eigenvalue weighted by Gasteiger charge is -2.17. The van der Waals surface area contributed by atoms with Gasteiger partial charge in [-0.15, -0.1) is 11.8 Å². The maximum Gasteiger partial charge on any atom is 0.316 e. The number of ether oxygens (including phenoxy) is 1. The minimum atomic E-state index is -0.547. The summed E-state index contributed by atoms with van der Waals surface area (Å²) in [6.07, 6.45) is 0. The van der Waals surface area contributed by atoms with Crippen molar-refractivity contribution in [1.82, 2.24) is 0 Å². The third-order valence-electron chi connectivity index (χ3n) is 3.46. The zero-order valence-electron chi connectivity index (χ0n) is 14.7. The first kappa shape index (κ1) is 20.8. The van der Waals surface area contributed by atoms with Crippen LogP contribution >= 0.6 is 23.4 Å². The molecule has 2 aromatic carbocycles. The normalized spacial score (nSPS) is 10.1. The first-order chi connectivity index (χ1) is 13.0. The molecule has 0 fully saturated rings. The number of benzene rings is 2. The lowest BCUT2D eigenvalue weighted by molar-refractivity contribution is -0.145. The summed E-state index contributed by atoms with van der Waals surface area (Å²) in [6, 6.07) is 15.8. The Bertz CT molecular complexity index is 784. The van der Waals surface area contributed by atoms with Crippen LogP contribution in [0.5, 0.6) is 0 Å². The Labute approximate surface area is 166 Å². The smallest absolute Gasteiger partial charge is 0.316 e. The molecule has 2 aromatic rings. The van der Waals surface area contributed by atoms with Gasteiger partial charge in [0.05, 0.1) is 11.5 Å². The molecule has 8 heteroatoms. The van der Waals surface area contributed by atoms with E-state index in [1.54, 1.807) is 43.4 Å². The van der Waals surface area contributed by atoms with Crippen LogP contribution in [0, 0.1) is 0 Å². The molecule has 0 heterocycles. The van der Waals surface area contributed by atoms with Gasteiger partial charge in [0.25, 0.3) is 5.91 Å². The van der Waals surface area contributed by atoms with Gasteiger partial charge in [-0.25, -0.2) is 0 Å². The van der Waals surface area contributed by atoms with Gasteiger partial charge < -0.3 is 15.0 Å². The number of amides is 2. The molecule has 0 atom stereocenters. The Balaban J connectivity index is 1.65. The number of hydrogen-bond donors (Lipinski definition) is 1. The zero-order chi connectivity index (χ0) is 19.6. The van der Waals surface area contributed by atoms with Gasteiger partial charge in [-0.3, -0.25) is 14.4 Å². The van der Waals surface area contributed by atoms with Crippen molar-refractivity contribution in [3.8, 4) is 0 Å². The van der Waals surface area contributed by atoms with Gasteiger partial charge in [-0.1, -0.05) is 29.8 Å². The van der Waals surface area contributed by atoms with Crippen LogP contribution in [0.1, 0.15) is 0 Å². The fourth-order valence-corrected chi connectivity index (χ4v) is 2.77. The van der Waals surface area contributed by atoms with Crippen molar-refractivity contribution in [2.24, 2.45) is 0 Å². The predicted octanol–water partition coefficient (Wildman–Crippen LogP) is 3.22. The number of nitrogens with zero attached hydrogens (tertiary/aromatic N) is 1. The lowest BCUT2D eigenvalue weighted by Crippen LogP contribution is -2.31. The molecule has 0 spiro atoms. The van der Waals surface area contributed by atoms with Gasteiger partial charge in [0.2, 0.25) is 5.91 Å². The first-order valence-electron chi connectivity index (χ1n) is 8.06. The summed E-state index contributed by atoms with van der Waals surface area (Å²) < 4.78 is 4.96. The standard InChI is InChI=1S/C19H19ClN2O4S/c1-22(16-5-3-2-4-6-16)18(24)11-26-19(25)13-27-12-17(23)21-15-9-7-14(20)8-10-15/h2-10H,11-13H2,1H3,(H,21,23). The minimum Gasteiger partial charge on any atom is -0.455 e. The van der Waals surface area contributed by atoms with Crippen molar-refractivity contribution >= 4 is 52.5 Å². The van der Waals surface area contributed by atoms with Crippen molar-refractivity contribution in [3.63, 3.8) is 0 Å². The quantitative estimate of drug-likeness (QED) is 0.681. The van der Waals surface area contributed by atoms with E-state index in [9.17, 15) is 14.4 Å². The average Bonchev–Trinajstić information content (AvgIpc) is 2.68. The Morgan fingerprint density at radius 3 is 2.37 bits per heavy atom. The van der Waals surface area contributed by atoms with E-state index in [2.05, 4.69) is 5.32 Å². The van der Waals surface area contributed by atoms with E-state index >= 15 is 0 Å². The van der Waals surface area contributed by atoms with Crippen LogP contribution in [0.4, 0.5) is 11.4 Å². The van der Waals surface area contributed by atoms with E-state index in [1.807, 2.05) is 18.2 Å². The molecule has 27 heavy (non-hydrogen) atoms. The number of carbonyl (C=O) groups excluding carboxylic acids is 3. The number of nitrogens with one attached hydrogen (secondary N) is 1. The number of para-hydroxylation sites is 1. The van der Waals surface area contributed by atoms with E-state index in [4.69, 9.17) is 16.3 Å². The van der Waals surface area contributed by atoms with Crippen LogP contribution in [-0.2, 0) is 19.1 Å². The summed E-state index contributed by atoms with van der Waals surface area (Å²) in [5, 5.41) is 3.28. The Morgan fingerprint density at radius 1 is 1.04 bits per heavy atom. The molecule has 0 aliphatic heterocycles. The molecule has 0 saturated carbocycles. The highest BCUT2D eigenvalue weighted by molar-refractivity contribution is 8.00. The molecule has 0 bridgehead atoms. The topological polar surface area (TPSA) is 75.7 Å². The van der Waals surface area contributed by atoms with Crippen LogP contribution in [0.2, 0.25) is 5.02 Å². The van der Waals surface area contributed by atoms with Crippen LogP contribution < -0.4 is 10.2 Å². The van der Waals surface area contributed by atoms with Crippen molar-refractivity contribution in [2.45, 2.75) is 0 Å². The van der Waals surface area contributed by atoms with Crippen molar-refractivity contribution < 1.29 is 19.1 Å². The Hall–Kier alpha value is -2.51. The van der Waals surface area contributed by atoms with Crippen LogP contribution in [-0.4, -0.2) is 42.9 Å². The summed E-state index contributed by atoms with van der Waals surface area (Å²) in [5.74, 6) is -1.05. The Kier molecular flexibility index (Phi) is 8.16. The van der Waals surface area contributed by atoms with Gasteiger partial charge in [-0.2, -0.15) is 0 Å². The van der Waals surface area contributed by atoms with Crippen molar-refractivity contribution in [1.29, 1.82) is 0 Å². The highest BCUT2D eigenvalue weighted by atomic mass is 35.5. The summed E-state index contributed by atoms with van der Waals surface area (Å²) in [7, 11) is 1.61. The number of esters is 1. The molecule has 2 amide bonds. The monoisotopic (exact) mass is 406 g/mol. The third kappa shape index (κ3) is 7.32. The van der Waals surface area contributed by atoms with Gasteiger partial charge in [0, 0.05) is 23.4 Å². The molecule has 0 unspecified atom stereocenters. The highest BCUT2D eigenvalue weighted by Gasteiger charge is 2.14. The molecule has 6 nitrogen and oxygen atoms in total. The molecule has 2 rings (SSSR count). The third-order valence-corrected chi connectivity index (χ3v) is 4.61. The maximum atomic E-state index is 12.0. The van der Waals surface area contributed by atoms with E-state index in [-0.39, 0.29) is 29.9 Å². The Morgan fingerprint density at radius 2 is 1.70 bits per heavy atom. The summed E-state index contributed by atoms with van der Waals surface area (Å²) in [4.78, 5) is 37.0. The number of halogens is 1. The molecule has 0 aliphatic rings. The second-order valence-electron chi connectivity index (χ2n) is 5.50. The zero-order valence-corrected chi connectivity index (χ0v) is 16.3. The number of likely N-dealkylation sites (N-methyl/N-ethyl adjacent to an activating group) is 1. The molecule has 1 N–H and O–H groups in total. The second-order valence-corrected chi connectivity index (χ2v) is 6.92. The van der Waals surface area contributed by atoms with Crippen molar-refractivity contribution in [2.75, 3.05) is 35.4 Å². The number of hydrogen-bond acceptors (Lipinski definition) is 5. The molecule has 0 aromatic heterocycles. The average molecular weight is 407 g/mol. The van der Waals surface area contributed by atoms with Crippen LogP contribution in [0.3, 0.4) is 0 Å². The number of rotatable bonds is 8. The highest BCUT2D eigenvalue weighted by Crippen LogP contribution is 2.14. The number of carbonyl (C=O) groups is 3. The molecule has 0 radical (unpaired) electrons. The fraction of sp³-hybridized carbons (Fsp3) is 0.211. The fourth-order valence-electron chi connectivity index (χ4n) is 2.03.